The van der Waals surface area contributed by atoms with Crippen LogP contribution in [0, 0.1) is 21.8 Å². The van der Waals surface area contributed by atoms with Crippen LogP contribution >= 0.6 is 24.4 Å². The lowest BCUT2D eigenvalue weighted by Gasteiger charge is -2.10. The summed E-state index contributed by atoms with van der Waals surface area (Å²) in [6, 6.07) is 5.15. The van der Waals surface area contributed by atoms with Gasteiger partial charge in [-0.05, 0) is 43.5 Å². The van der Waals surface area contributed by atoms with E-state index in [1.165, 1.54) is 28.9 Å². The summed E-state index contributed by atoms with van der Waals surface area (Å²) < 4.78 is 1.69. The van der Waals surface area contributed by atoms with Gasteiger partial charge in [0, 0.05) is 17.7 Å². The second-order valence-corrected chi connectivity index (χ2v) is 4.91. The lowest BCUT2D eigenvalue weighted by molar-refractivity contribution is -0.384. The normalized spacial score (nSPS) is 10.0. The van der Waals surface area contributed by atoms with Gasteiger partial charge in [-0.1, -0.05) is 0 Å². The molecule has 22 heavy (non-hydrogen) atoms. The van der Waals surface area contributed by atoms with Crippen molar-refractivity contribution in [1.82, 2.24) is 20.2 Å². The average Bonchev–Trinajstić information content (AvgIpc) is 2.79. The Kier molecular flexibility index (Phi) is 4.58. The number of H-pyrrole nitrogens is 1. The average molecular weight is 338 g/mol. The molecular weight excluding hydrogens is 328 g/mol. The topological polar surface area (TPSA) is 118 Å². The minimum atomic E-state index is -0.544. The van der Waals surface area contributed by atoms with E-state index in [2.05, 4.69) is 20.9 Å². The van der Waals surface area contributed by atoms with Crippen LogP contribution in [0.3, 0.4) is 0 Å². The molecule has 2 aromatic rings. The van der Waals surface area contributed by atoms with Gasteiger partial charge in [-0.25, -0.2) is 4.68 Å². The maximum absolute atomic E-state index is 12.0. The summed E-state index contributed by atoms with van der Waals surface area (Å²) in [5, 5.41) is 19.5. The van der Waals surface area contributed by atoms with Gasteiger partial charge in [-0.15, -0.1) is 0 Å². The largest absolute Gasteiger partial charge is 0.298 e. The maximum Gasteiger partial charge on any atom is 0.269 e. The molecule has 0 saturated heterocycles. The van der Waals surface area contributed by atoms with Crippen molar-refractivity contribution >= 4 is 41.1 Å². The number of thiocarbonyl (C=S) groups is 1. The number of nitrogens with one attached hydrogen (secondary N) is 3. The number of aromatic amines is 1. The van der Waals surface area contributed by atoms with Crippen LogP contribution in [0.25, 0.3) is 0 Å². The van der Waals surface area contributed by atoms with Gasteiger partial charge in [0.2, 0.25) is 4.77 Å². The molecule has 1 aromatic heterocycles. The highest BCUT2D eigenvalue weighted by Gasteiger charge is 2.11. The molecule has 0 unspecified atom stereocenters. The van der Waals surface area contributed by atoms with Crippen LogP contribution in [0.15, 0.2) is 24.3 Å². The van der Waals surface area contributed by atoms with Crippen molar-refractivity contribution < 1.29 is 9.72 Å². The van der Waals surface area contributed by atoms with Crippen LogP contribution in [0.4, 0.5) is 5.69 Å². The molecule has 0 aliphatic carbocycles. The van der Waals surface area contributed by atoms with Gasteiger partial charge < -0.3 is 0 Å². The Labute approximate surface area is 134 Å². The Bertz CT molecular complexity index is 795. The van der Waals surface area contributed by atoms with Crippen LogP contribution in [-0.2, 0) is 0 Å². The van der Waals surface area contributed by atoms with Crippen LogP contribution in [-0.4, -0.2) is 30.8 Å². The van der Waals surface area contributed by atoms with E-state index in [4.69, 9.17) is 24.4 Å². The number of benzene rings is 1. The van der Waals surface area contributed by atoms with E-state index in [9.17, 15) is 14.9 Å². The third kappa shape index (κ3) is 3.51. The number of rotatable bonds is 3. The number of nitro groups is 1. The lowest BCUT2D eigenvalue weighted by atomic mass is 10.2. The molecule has 0 fully saturated rings. The Morgan fingerprint density at radius 2 is 2.05 bits per heavy atom. The second kappa shape index (κ2) is 6.41. The number of carbonyl (C=O) groups excluding carboxylic acids is 1. The molecule has 0 aliphatic rings. The predicted octanol–water partition coefficient (Wildman–Crippen LogP) is 1.42. The van der Waals surface area contributed by atoms with Gasteiger partial charge in [0.25, 0.3) is 11.6 Å². The summed E-state index contributed by atoms with van der Waals surface area (Å²) in [5.41, 5.74) is 2.84. The molecule has 114 valence electrons. The molecule has 0 spiro atoms. The number of amides is 1. The zero-order valence-corrected chi connectivity index (χ0v) is 12.8. The Morgan fingerprint density at radius 1 is 1.41 bits per heavy atom. The highest BCUT2D eigenvalue weighted by Crippen LogP contribution is 2.11. The first kappa shape index (κ1) is 15.7. The van der Waals surface area contributed by atoms with Gasteiger partial charge in [0.1, 0.15) is 5.82 Å². The highest BCUT2D eigenvalue weighted by atomic mass is 32.1. The van der Waals surface area contributed by atoms with Crippen molar-refractivity contribution in [3.63, 3.8) is 0 Å². The summed E-state index contributed by atoms with van der Waals surface area (Å²) in [4.78, 5) is 22.0. The highest BCUT2D eigenvalue weighted by molar-refractivity contribution is 7.80. The van der Waals surface area contributed by atoms with Gasteiger partial charge in [0.15, 0.2) is 5.11 Å². The zero-order chi connectivity index (χ0) is 16.3. The first-order valence-electron chi connectivity index (χ1n) is 5.89. The van der Waals surface area contributed by atoms with Crippen molar-refractivity contribution in [3.05, 3.63) is 50.5 Å². The quantitative estimate of drug-likeness (QED) is 0.440. The first-order chi connectivity index (χ1) is 10.4. The van der Waals surface area contributed by atoms with Crippen LogP contribution < -0.4 is 10.7 Å². The number of aryl methyl sites for hydroxylation is 1. The van der Waals surface area contributed by atoms with Gasteiger partial charge in [0.05, 0.1) is 4.92 Å². The van der Waals surface area contributed by atoms with E-state index in [1.807, 2.05) is 0 Å². The molecule has 1 heterocycles. The monoisotopic (exact) mass is 338 g/mol. The van der Waals surface area contributed by atoms with E-state index in [1.54, 1.807) is 6.92 Å². The Hall–Kier alpha value is -2.66. The van der Waals surface area contributed by atoms with Crippen LogP contribution in [0.5, 0.6) is 0 Å². The summed E-state index contributed by atoms with van der Waals surface area (Å²) in [5.74, 6) is 0.0389. The molecule has 1 aromatic carbocycles. The van der Waals surface area contributed by atoms with E-state index >= 15 is 0 Å². The van der Waals surface area contributed by atoms with Gasteiger partial charge in [-0.2, -0.15) is 5.10 Å². The molecular formula is C11H10N6O3S2. The molecule has 11 heteroatoms. The SMILES string of the molecule is Cc1n[nH]c(=S)n1NC(=S)NC(=O)c1ccc([N+](=O)[O-])cc1. The Balaban J connectivity index is 2.04. The van der Waals surface area contributed by atoms with Crippen molar-refractivity contribution in [3.8, 4) is 0 Å². The number of aromatic nitrogens is 3. The summed E-state index contributed by atoms with van der Waals surface area (Å²) in [6.45, 7) is 1.69. The lowest BCUT2D eigenvalue weighted by Crippen LogP contribution is -2.38. The van der Waals surface area contributed by atoms with E-state index < -0.39 is 10.8 Å². The third-order valence-electron chi connectivity index (χ3n) is 2.62. The van der Waals surface area contributed by atoms with Gasteiger partial charge in [-0.3, -0.25) is 30.8 Å². The van der Waals surface area contributed by atoms with Crippen molar-refractivity contribution in [2.75, 3.05) is 5.43 Å². The molecule has 1 amide bonds. The fourth-order valence-electron chi connectivity index (χ4n) is 1.55. The first-order valence-corrected chi connectivity index (χ1v) is 6.71. The molecule has 9 nitrogen and oxygen atoms in total. The zero-order valence-electron chi connectivity index (χ0n) is 11.2. The predicted molar refractivity (Wildman–Crippen MR) is 84.7 cm³/mol. The van der Waals surface area contributed by atoms with E-state index in [0.29, 0.717) is 10.6 Å². The number of carbonyl (C=O) groups is 1. The van der Waals surface area contributed by atoms with Crippen molar-refractivity contribution in [2.45, 2.75) is 6.92 Å². The minimum Gasteiger partial charge on any atom is -0.298 e. The van der Waals surface area contributed by atoms with Crippen molar-refractivity contribution in [1.29, 1.82) is 0 Å². The number of hydrogen-bond donors (Lipinski definition) is 3. The molecule has 3 N–H and O–H groups in total. The summed E-state index contributed by atoms with van der Waals surface area (Å²) in [7, 11) is 0. The number of nitro benzene ring substituents is 1. The Morgan fingerprint density at radius 3 is 2.55 bits per heavy atom. The molecule has 2 rings (SSSR count). The molecule has 0 radical (unpaired) electrons. The fourth-order valence-corrected chi connectivity index (χ4v) is 1.95. The summed E-state index contributed by atoms with van der Waals surface area (Å²) in [6.07, 6.45) is 0. The third-order valence-corrected chi connectivity index (χ3v) is 3.09. The minimum absolute atomic E-state index is 0.0175. The van der Waals surface area contributed by atoms with E-state index in [0.717, 1.165) is 0 Å². The number of non-ortho nitro benzene ring substituents is 1. The maximum atomic E-state index is 12.0. The van der Waals surface area contributed by atoms with Crippen molar-refractivity contribution in [2.24, 2.45) is 0 Å². The van der Waals surface area contributed by atoms with E-state index in [-0.39, 0.29) is 16.4 Å². The molecule has 0 aliphatic heterocycles. The molecule has 0 atom stereocenters. The number of nitrogens with zero attached hydrogens (tertiary/aromatic N) is 3. The smallest absolute Gasteiger partial charge is 0.269 e. The molecule has 0 saturated carbocycles. The molecule has 0 bridgehead atoms. The van der Waals surface area contributed by atoms with Crippen LogP contribution in [0.2, 0.25) is 0 Å². The van der Waals surface area contributed by atoms with Gasteiger partial charge >= 0.3 is 0 Å². The number of hydrogen-bond acceptors (Lipinski definition) is 6. The van der Waals surface area contributed by atoms with Crippen LogP contribution in [0.1, 0.15) is 16.2 Å². The standard InChI is InChI=1S/C11H10N6O3S2/c1-6-13-14-11(22)16(6)15-10(21)12-9(18)7-2-4-8(5-3-7)17(19)20/h2-5H,1H3,(H,14,22)(H2,12,15,18,21). The fraction of sp³-hybridized carbons (Fsp3) is 0.0909. The second-order valence-electron chi connectivity index (χ2n) is 4.11. The summed E-state index contributed by atoms with van der Waals surface area (Å²) >= 11 is 9.99.